The molecule has 1 atom stereocenters. The van der Waals surface area contributed by atoms with Gasteiger partial charge in [0, 0.05) is 20.7 Å². The van der Waals surface area contributed by atoms with Gasteiger partial charge in [0.15, 0.2) is 6.79 Å². The van der Waals surface area contributed by atoms with Crippen LogP contribution in [-0.2, 0) is 4.74 Å². The first kappa shape index (κ1) is 13.2. The Bertz CT molecular complexity index is 396. The minimum absolute atomic E-state index is 0.0522. The molecule has 0 radical (unpaired) electrons. The highest BCUT2D eigenvalue weighted by molar-refractivity contribution is 6.76. The smallest absolute Gasteiger partial charge is 0.189 e. The summed E-state index contributed by atoms with van der Waals surface area (Å²) in [5, 5.41) is 0.931. The summed E-state index contributed by atoms with van der Waals surface area (Å²) >= 11 is 11.7. The second-order valence-corrected chi connectivity index (χ2v) is 11.3. The largest absolute Gasteiger partial charge is 0.468 e. The molecule has 0 amide bonds. The summed E-state index contributed by atoms with van der Waals surface area (Å²) in [7, 11) is -1.27. The van der Waals surface area contributed by atoms with Crippen LogP contribution in [0.4, 0.5) is 0 Å². The summed E-state index contributed by atoms with van der Waals surface area (Å²) in [5.41, 5.74) is 0. The molecule has 1 unspecified atom stereocenters. The molecule has 0 fully saturated rings. The number of ether oxygens (including phenoxy) is 2. The van der Waals surface area contributed by atoms with E-state index >= 15 is 0 Å². The maximum absolute atomic E-state index is 7.76. The summed E-state index contributed by atoms with van der Waals surface area (Å²) in [5.74, 6) is 0.588. The molecule has 0 saturated carbocycles. The van der Waals surface area contributed by atoms with Gasteiger partial charge in [0.1, 0.15) is 5.75 Å². The lowest BCUT2D eigenvalue weighted by Gasteiger charge is -2.15. The van der Waals surface area contributed by atoms with E-state index in [1.165, 1.54) is 0 Å². The first-order chi connectivity index (χ1) is 8.28. The van der Waals surface area contributed by atoms with Crippen LogP contribution in [0, 0.1) is 0 Å². The Kier molecular flexibility index (Phi) is 5.16. The molecule has 0 aliphatic carbocycles. The quantitative estimate of drug-likeness (QED) is 0.560. The Hall–Kier alpha value is -0.223. The lowest BCUT2D eigenvalue weighted by atomic mass is 10.3. The molecule has 0 aliphatic heterocycles. The van der Waals surface area contributed by atoms with Crippen LogP contribution in [0.5, 0.6) is 5.75 Å². The molecule has 0 saturated heterocycles. The van der Waals surface area contributed by atoms with Crippen LogP contribution in [0.25, 0.3) is 0 Å². The maximum Gasteiger partial charge on any atom is 0.189 e. The van der Waals surface area contributed by atoms with Gasteiger partial charge in [0.2, 0.25) is 0 Å². The molecular weight excluding hydrogens is 275 g/mol. The van der Waals surface area contributed by atoms with Crippen LogP contribution < -0.4 is 4.74 Å². The zero-order valence-corrected chi connectivity index (χ0v) is 12.8. The fourth-order valence-electron chi connectivity index (χ4n) is 1.03. The van der Waals surface area contributed by atoms with Crippen LogP contribution in [0.2, 0.25) is 35.7 Å². The van der Waals surface area contributed by atoms with E-state index in [1.807, 2.05) is 0 Å². The molecular formula is C12H18Cl2O2Si. The van der Waals surface area contributed by atoms with Crippen molar-refractivity contribution in [2.75, 3.05) is 13.4 Å². The normalized spacial score (nSPS) is 14.3. The lowest BCUT2D eigenvalue weighted by Crippen LogP contribution is -2.22. The molecule has 0 bridgehead atoms. The second kappa shape index (κ2) is 6.64. The number of hydrogen-bond donors (Lipinski definition) is 0. The van der Waals surface area contributed by atoms with Crippen molar-refractivity contribution >= 4 is 31.3 Å². The first-order valence-electron chi connectivity index (χ1n) is 5.97. The summed E-state index contributed by atoms with van der Waals surface area (Å²) in [6.07, 6.45) is 0. The predicted molar refractivity (Wildman–Crippen MR) is 76.1 cm³/mol. The third-order valence-corrected chi connectivity index (χ3v) is 4.13. The fraction of sp³-hybridized carbons (Fsp3) is 0.500. The van der Waals surface area contributed by atoms with Crippen molar-refractivity contribution in [2.45, 2.75) is 25.7 Å². The van der Waals surface area contributed by atoms with E-state index in [9.17, 15) is 0 Å². The van der Waals surface area contributed by atoms with Gasteiger partial charge in [-0.2, -0.15) is 0 Å². The molecule has 1 aromatic rings. The van der Waals surface area contributed by atoms with Crippen molar-refractivity contribution < 1.29 is 10.8 Å². The zero-order valence-electron chi connectivity index (χ0n) is 11.3. The average Bonchev–Trinajstić information content (AvgIpc) is 2.20. The Morgan fingerprint density at radius 3 is 2.53 bits per heavy atom. The van der Waals surface area contributed by atoms with E-state index in [0.29, 0.717) is 15.8 Å². The van der Waals surface area contributed by atoms with Gasteiger partial charge in [-0.05, 0) is 18.2 Å². The van der Waals surface area contributed by atoms with Gasteiger partial charge in [-0.25, -0.2) is 0 Å². The van der Waals surface area contributed by atoms with E-state index in [4.69, 9.17) is 34.0 Å². The van der Waals surface area contributed by atoms with Gasteiger partial charge in [0.25, 0.3) is 0 Å². The lowest BCUT2D eigenvalue weighted by molar-refractivity contribution is 0.0220. The predicted octanol–water partition coefficient (Wildman–Crippen LogP) is 4.68. The molecule has 1 rings (SSSR count). The van der Waals surface area contributed by atoms with Crippen molar-refractivity contribution in [3.05, 3.63) is 28.2 Å². The Morgan fingerprint density at radius 2 is 1.94 bits per heavy atom. The molecule has 0 spiro atoms. The number of halogens is 2. The van der Waals surface area contributed by atoms with Crippen molar-refractivity contribution in [2.24, 2.45) is 0 Å². The van der Waals surface area contributed by atoms with E-state index in [-0.39, 0.29) is 6.79 Å². The highest BCUT2D eigenvalue weighted by Crippen LogP contribution is 2.26. The van der Waals surface area contributed by atoms with Crippen LogP contribution in [0.3, 0.4) is 0 Å². The summed E-state index contributed by atoms with van der Waals surface area (Å²) in [4.78, 5) is 0. The summed E-state index contributed by atoms with van der Waals surface area (Å²) < 4.78 is 18.4. The standard InChI is InChI=1S/C12H18Cl2O2Si/c1-17(2,3)7-6-15-9-16-10-4-5-11(13)12(14)8-10/h4-5,8H,6-7,9H2,1-3H3/i6D. The maximum atomic E-state index is 7.76. The molecule has 96 valence electrons. The molecule has 17 heavy (non-hydrogen) atoms. The second-order valence-electron chi connectivity index (χ2n) is 4.94. The Morgan fingerprint density at radius 1 is 1.24 bits per heavy atom. The average molecular weight is 294 g/mol. The monoisotopic (exact) mass is 293 g/mol. The van der Waals surface area contributed by atoms with Crippen molar-refractivity contribution in [3.8, 4) is 5.75 Å². The van der Waals surface area contributed by atoms with Crippen molar-refractivity contribution in [1.82, 2.24) is 0 Å². The molecule has 0 aliphatic rings. The fourth-order valence-corrected chi connectivity index (χ4v) is 1.93. The van der Waals surface area contributed by atoms with E-state index in [0.717, 1.165) is 6.04 Å². The van der Waals surface area contributed by atoms with Gasteiger partial charge in [-0.1, -0.05) is 42.8 Å². The minimum Gasteiger partial charge on any atom is -0.468 e. The highest BCUT2D eigenvalue weighted by atomic mass is 35.5. The van der Waals surface area contributed by atoms with Crippen LogP contribution >= 0.6 is 23.2 Å². The SMILES string of the molecule is [2H]C(C[Si](C)(C)C)OCOc1ccc(Cl)c(Cl)c1. The van der Waals surface area contributed by atoms with Crippen molar-refractivity contribution in [1.29, 1.82) is 0 Å². The van der Waals surface area contributed by atoms with E-state index in [1.54, 1.807) is 18.2 Å². The van der Waals surface area contributed by atoms with Crippen LogP contribution in [0.15, 0.2) is 18.2 Å². The molecule has 2 nitrogen and oxygen atoms in total. The van der Waals surface area contributed by atoms with Gasteiger partial charge >= 0.3 is 0 Å². The third kappa shape index (κ3) is 6.31. The van der Waals surface area contributed by atoms with Gasteiger partial charge in [-0.3, -0.25) is 0 Å². The van der Waals surface area contributed by atoms with E-state index < -0.39 is 14.7 Å². The van der Waals surface area contributed by atoms with Crippen LogP contribution in [0.1, 0.15) is 1.37 Å². The molecule has 0 aromatic heterocycles. The first-order valence-corrected chi connectivity index (χ1v) is 9.86. The highest BCUT2D eigenvalue weighted by Gasteiger charge is 2.11. The van der Waals surface area contributed by atoms with Crippen LogP contribution in [-0.4, -0.2) is 21.4 Å². The molecule has 0 heterocycles. The summed E-state index contributed by atoms with van der Waals surface area (Å²) in [6, 6.07) is 5.80. The summed E-state index contributed by atoms with van der Waals surface area (Å²) in [6.45, 7) is 6.14. The minimum atomic E-state index is -1.27. The van der Waals surface area contributed by atoms with Gasteiger partial charge < -0.3 is 9.47 Å². The third-order valence-electron chi connectivity index (χ3n) is 2.00. The Balaban J connectivity index is 2.35. The van der Waals surface area contributed by atoms with Gasteiger partial charge in [-0.15, -0.1) is 0 Å². The number of benzene rings is 1. The van der Waals surface area contributed by atoms with Crippen molar-refractivity contribution in [3.63, 3.8) is 0 Å². The Labute approximate surface area is 115 Å². The van der Waals surface area contributed by atoms with Gasteiger partial charge in [0.05, 0.1) is 11.4 Å². The molecule has 1 aromatic carbocycles. The zero-order chi connectivity index (χ0) is 13.8. The topological polar surface area (TPSA) is 18.5 Å². The molecule has 0 N–H and O–H groups in total. The number of rotatable bonds is 6. The molecule has 5 heteroatoms. The number of hydrogen-bond acceptors (Lipinski definition) is 2. The van der Waals surface area contributed by atoms with E-state index in [2.05, 4.69) is 19.6 Å².